The van der Waals surface area contributed by atoms with E-state index in [4.69, 9.17) is 5.73 Å². The van der Waals surface area contributed by atoms with Gasteiger partial charge in [0.25, 0.3) is 5.91 Å². The van der Waals surface area contributed by atoms with E-state index in [2.05, 4.69) is 17.2 Å². The van der Waals surface area contributed by atoms with E-state index in [1.54, 1.807) is 11.0 Å². The smallest absolute Gasteiger partial charge is 0.254 e. The minimum Gasteiger partial charge on any atom is -0.354 e. The third-order valence-corrected chi connectivity index (χ3v) is 3.21. The molecule has 110 valence electrons. The van der Waals surface area contributed by atoms with E-state index in [9.17, 15) is 9.59 Å². The number of hydrogen-bond acceptors (Lipinski definition) is 3. The van der Waals surface area contributed by atoms with Gasteiger partial charge in [0.2, 0.25) is 5.91 Å². The summed E-state index contributed by atoms with van der Waals surface area (Å²) in [6, 6.07) is 5.48. The zero-order valence-electron chi connectivity index (χ0n) is 12.1. The van der Waals surface area contributed by atoms with Gasteiger partial charge in [-0.3, -0.25) is 9.59 Å². The van der Waals surface area contributed by atoms with E-state index >= 15 is 0 Å². The van der Waals surface area contributed by atoms with E-state index < -0.39 is 0 Å². The SMILES string of the molecule is Cc1cc(C#CCN)cc(C(=O)N2CCCNC(=O)C2)c1. The lowest BCUT2D eigenvalue weighted by atomic mass is 10.1. The van der Waals surface area contributed by atoms with Crippen LogP contribution >= 0.6 is 0 Å². The molecule has 0 aromatic heterocycles. The molecule has 0 radical (unpaired) electrons. The fraction of sp³-hybridized carbons (Fsp3) is 0.375. The quantitative estimate of drug-likeness (QED) is 0.727. The molecule has 5 nitrogen and oxygen atoms in total. The number of hydrogen-bond donors (Lipinski definition) is 2. The first kappa shape index (κ1) is 15.1. The third kappa shape index (κ3) is 4.07. The fourth-order valence-electron chi connectivity index (χ4n) is 2.29. The van der Waals surface area contributed by atoms with Gasteiger partial charge in [0.1, 0.15) is 0 Å². The van der Waals surface area contributed by atoms with Crippen LogP contribution in [-0.4, -0.2) is 42.9 Å². The first-order valence-corrected chi connectivity index (χ1v) is 6.97. The van der Waals surface area contributed by atoms with Gasteiger partial charge in [-0.1, -0.05) is 11.8 Å². The van der Waals surface area contributed by atoms with Crippen LogP contribution in [0.15, 0.2) is 18.2 Å². The summed E-state index contributed by atoms with van der Waals surface area (Å²) in [5.41, 5.74) is 7.66. The Labute approximate surface area is 124 Å². The number of nitrogens with two attached hydrogens (primary N) is 1. The van der Waals surface area contributed by atoms with Gasteiger partial charge < -0.3 is 16.0 Å². The number of carbonyl (C=O) groups is 2. The lowest BCUT2D eigenvalue weighted by molar-refractivity contribution is -0.121. The minimum absolute atomic E-state index is 0.108. The number of nitrogens with zero attached hydrogens (tertiary/aromatic N) is 1. The third-order valence-electron chi connectivity index (χ3n) is 3.21. The number of nitrogens with one attached hydrogen (secondary N) is 1. The highest BCUT2D eigenvalue weighted by molar-refractivity contribution is 5.97. The Hall–Kier alpha value is -2.32. The molecule has 0 saturated carbocycles. The topological polar surface area (TPSA) is 75.4 Å². The van der Waals surface area contributed by atoms with Crippen molar-refractivity contribution in [3.8, 4) is 11.8 Å². The monoisotopic (exact) mass is 285 g/mol. The van der Waals surface area contributed by atoms with Crippen LogP contribution in [0.25, 0.3) is 0 Å². The highest BCUT2D eigenvalue weighted by atomic mass is 16.2. The Kier molecular flexibility index (Phi) is 4.96. The molecule has 0 spiro atoms. The average molecular weight is 285 g/mol. The Morgan fingerprint density at radius 3 is 3.00 bits per heavy atom. The van der Waals surface area contributed by atoms with Gasteiger partial charge >= 0.3 is 0 Å². The molecule has 1 saturated heterocycles. The lowest BCUT2D eigenvalue weighted by Gasteiger charge is -2.19. The highest BCUT2D eigenvalue weighted by Gasteiger charge is 2.21. The van der Waals surface area contributed by atoms with Crippen molar-refractivity contribution in [3.05, 3.63) is 34.9 Å². The van der Waals surface area contributed by atoms with Crippen LogP contribution < -0.4 is 11.1 Å². The van der Waals surface area contributed by atoms with E-state index in [-0.39, 0.29) is 24.9 Å². The molecule has 1 aliphatic heterocycles. The van der Waals surface area contributed by atoms with Gasteiger partial charge in [-0.2, -0.15) is 0 Å². The van der Waals surface area contributed by atoms with Gasteiger partial charge in [-0.05, 0) is 37.1 Å². The van der Waals surface area contributed by atoms with Gasteiger partial charge in [0.05, 0.1) is 13.1 Å². The van der Waals surface area contributed by atoms with Crippen molar-refractivity contribution in [2.24, 2.45) is 5.73 Å². The predicted molar refractivity (Wildman–Crippen MR) is 80.6 cm³/mol. The molecule has 1 fully saturated rings. The number of aryl methyl sites for hydroxylation is 1. The molecular weight excluding hydrogens is 266 g/mol. The largest absolute Gasteiger partial charge is 0.354 e. The molecule has 21 heavy (non-hydrogen) atoms. The Balaban J connectivity index is 2.25. The van der Waals surface area contributed by atoms with Crippen molar-refractivity contribution >= 4 is 11.8 Å². The second-order valence-electron chi connectivity index (χ2n) is 5.02. The van der Waals surface area contributed by atoms with Crippen LogP contribution in [0.5, 0.6) is 0 Å². The average Bonchev–Trinajstić information content (AvgIpc) is 2.68. The summed E-state index contributed by atoms with van der Waals surface area (Å²) in [6.45, 7) is 3.50. The second kappa shape index (κ2) is 6.91. The molecule has 3 N–H and O–H groups in total. The van der Waals surface area contributed by atoms with E-state index in [0.29, 0.717) is 18.7 Å². The lowest BCUT2D eigenvalue weighted by Crippen LogP contribution is -2.37. The molecule has 0 aliphatic carbocycles. The zero-order chi connectivity index (χ0) is 15.2. The van der Waals surface area contributed by atoms with Crippen LogP contribution in [0.4, 0.5) is 0 Å². The van der Waals surface area contributed by atoms with Gasteiger partial charge in [-0.15, -0.1) is 0 Å². The van der Waals surface area contributed by atoms with Crippen molar-refractivity contribution < 1.29 is 9.59 Å². The molecule has 1 aromatic carbocycles. The van der Waals surface area contributed by atoms with E-state index in [1.807, 2.05) is 19.1 Å². The number of amides is 2. The summed E-state index contributed by atoms with van der Waals surface area (Å²) in [6.07, 6.45) is 0.767. The maximum atomic E-state index is 12.5. The molecule has 2 amide bonds. The molecular formula is C16H19N3O2. The molecule has 2 rings (SSSR count). The molecule has 1 aliphatic rings. The summed E-state index contributed by atoms with van der Waals surface area (Å²) < 4.78 is 0. The van der Waals surface area contributed by atoms with Gasteiger partial charge in [-0.25, -0.2) is 0 Å². The first-order chi connectivity index (χ1) is 10.1. The Morgan fingerprint density at radius 1 is 1.43 bits per heavy atom. The van der Waals surface area contributed by atoms with Crippen LogP contribution in [-0.2, 0) is 4.79 Å². The number of benzene rings is 1. The fourth-order valence-corrected chi connectivity index (χ4v) is 2.29. The van der Waals surface area contributed by atoms with Crippen molar-refractivity contribution in [1.82, 2.24) is 10.2 Å². The predicted octanol–water partition coefficient (Wildman–Crippen LogP) is 0.267. The van der Waals surface area contributed by atoms with Crippen molar-refractivity contribution in [3.63, 3.8) is 0 Å². The van der Waals surface area contributed by atoms with Crippen LogP contribution in [0, 0.1) is 18.8 Å². The Morgan fingerprint density at radius 2 is 2.24 bits per heavy atom. The number of rotatable bonds is 1. The van der Waals surface area contributed by atoms with E-state index in [0.717, 1.165) is 17.5 Å². The summed E-state index contributed by atoms with van der Waals surface area (Å²) in [5, 5.41) is 2.76. The molecule has 5 heteroatoms. The first-order valence-electron chi connectivity index (χ1n) is 6.97. The Bertz CT molecular complexity index is 614. The van der Waals surface area contributed by atoms with Crippen LogP contribution in [0.2, 0.25) is 0 Å². The maximum absolute atomic E-state index is 12.5. The molecule has 0 atom stereocenters. The second-order valence-corrected chi connectivity index (χ2v) is 5.02. The maximum Gasteiger partial charge on any atom is 0.254 e. The van der Waals surface area contributed by atoms with Crippen molar-refractivity contribution in [1.29, 1.82) is 0 Å². The standard InChI is InChI=1S/C16H19N3O2/c1-12-8-13(4-2-5-17)10-14(9-12)16(21)19-7-3-6-18-15(20)11-19/h8-10H,3,5-7,11,17H2,1H3,(H,18,20). The van der Waals surface area contributed by atoms with E-state index in [1.165, 1.54) is 0 Å². The molecule has 1 aromatic rings. The van der Waals surface area contributed by atoms with Crippen molar-refractivity contribution in [2.45, 2.75) is 13.3 Å². The normalized spacial score (nSPS) is 14.8. The number of carbonyl (C=O) groups excluding carboxylic acids is 2. The summed E-state index contributed by atoms with van der Waals surface area (Å²) in [7, 11) is 0. The van der Waals surface area contributed by atoms with Gasteiger partial charge in [0.15, 0.2) is 0 Å². The van der Waals surface area contributed by atoms with Gasteiger partial charge in [0, 0.05) is 24.2 Å². The zero-order valence-corrected chi connectivity index (χ0v) is 12.1. The van der Waals surface area contributed by atoms with Crippen LogP contribution in [0.1, 0.15) is 27.9 Å². The summed E-state index contributed by atoms with van der Waals surface area (Å²) in [5.74, 6) is 5.48. The van der Waals surface area contributed by atoms with Crippen LogP contribution in [0.3, 0.4) is 0 Å². The highest BCUT2D eigenvalue weighted by Crippen LogP contribution is 2.12. The summed E-state index contributed by atoms with van der Waals surface area (Å²) in [4.78, 5) is 25.7. The molecule has 0 bridgehead atoms. The summed E-state index contributed by atoms with van der Waals surface area (Å²) >= 11 is 0. The van der Waals surface area contributed by atoms with Crippen molar-refractivity contribution in [2.75, 3.05) is 26.2 Å². The minimum atomic E-state index is -0.133. The molecule has 0 unspecified atom stereocenters. The molecule has 1 heterocycles.